The number of ether oxygens (including phenoxy) is 1. The molecule has 94 valence electrons. The largest absolute Gasteiger partial charge is 0.465 e. The van der Waals surface area contributed by atoms with Crippen molar-refractivity contribution in [3.63, 3.8) is 0 Å². The van der Waals surface area contributed by atoms with Crippen molar-refractivity contribution in [2.45, 2.75) is 12.8 Å². The summed E-state index contributed by atoms with van der Waals surface area (Å²) in [6.45, 7) is 0. The lowest BCUT2D eigenvalue weighted by molar-refractivity contribution is 0.0600. The Morgan fingerprint density at radius 2 is 1.88 bits per heavy atom. The molecule has 0 amide bonds. The average molecular weight is 258 g/mol. The zero-order valence-corrected chi connectivity index (χ0v) is 10.2. The molecular weight excluding hydrogens is 244 g/mol. The van der Waals surface area contributed by atoms with Crippen molar-refractivity contribution in [3.05, 3.63) is 35.4 Å². The Morgan fingerprint density at radius 1 is 1.29 bits per heavy atom. The lowest BCUT2D eigenvalue weighted by Gasteiger charge is -2.02. The van der Waals surface area contributed by atoms with Crippen LogP contribution in [-0.2, 0) is 21.3 Å². The maximum absolute atomic E-state index is 11.1. The first kappa shape index (κ1) is 13.7. The minimum atomic E-state index is -3.89. The average Bonchev–Trinajstić information content (AvgIpc) is 2.27. The Kier molecular flexibility index (Phi) is 4.65. The molecule has 0 aromatic heterocycles. The summed E-state index contributed by atoms with van der Waals surface area (Å²) in [7, 11) is -2.59. The third kappa shape index (κ3) is 4.97. The van der Waals surface area contributed by atoms with E-state index in [4.69, 9.17) is 4.55 Å². The van der Waals surface area contributed by atoms with Crippen molar-refractivity contribution in [1.82, 2.24) is 0 Å². The van der Waals surface area contributed by atoms with Gasteiger partial charge in [-0.05, 0) is 30.5 Å². The second kappa shape index (κ2) is 5.79. The number of rotatable bonds is 5. The summed E-state index contributed by atoms with van der Waals surface area (Å²) in [5.41, 5.74) is 1.35. The highest BCUT2D eigenvalue weighted by Gasteiger charge is 2.06. The van der Waals surface area contributed by atoms with E-state index in [2.05, 4.69) is 4.74 Å². The van der Waals surface area contributed by atoms with Gasteiger partial charge in [-0.15, -0.1) is 0 Å². The first-order valence-corrected chi connectivity index (χ1v) is 6.66. The number of methoxy groups -OCH3 is 1. The summed E-state index contributed by atoms with van der Waals surface area (Å²) in [5, 5.41) is 0. The van der Waals surface area contributed by atoms with Gasteiger partial charge in [-0.1, -0.05) is 12.1 Å². The lowest BCUT2D eigenvalue weighted by Crippen LogP contribution is -2.05. The lowest BCUT2D eigenvalue weighted by atomic mass is 10.1. The van der Waals surface area contributed by atoms with E-state index >= 15 is 0 Å². The number of carbonyl (C=O) groups is 1. The van der Waals surface area contributed by atoms with Crippen LogP contribution in [0, 0.1) is 0 Å². The van der Waals surface area contributed by atoms with Gasteiger partial charge in [0.2, 0.25) is 0 Å². The molecule has 0 heterocycles. The van der Waals surface area contributed by atoms with E-state index < -0.39 is 16.1 Å². The molecule has 1 rings (SSSR count). The molecule has 0 saturated heterocycles. The van der Waals surface area contributed by atoms with E-state index in [1.807, 2.05) is 0 Å². The van der Waals surface area contributed by atoms with Crippen LogP contribution in [0.4, 0.5) is 0 Å². The zero-order chi connectivity index (χ0) is 12.9. The van der Waals surface area contributed by atoms with Crippen molar-refractivity contribution in [2.24, 2.45) is 0 Å². The van der Waals surface area contributed by atoms with Gasteiger partial charge in [-0.25, -0.2) is 4.79 Å². The third-order valence-corrected chi connectivity index (χ3v) is 3.05. The molecule has 0 aliphatic heterocycles. The van der Waals surface area contributed by atoms with Gasteiger partial charge >= 0.3 is 5.97 Å². The van der Waals surface area contributed by atoms with E-state index in [0.29, 0.717) is 18.4 Å². The van der Waals surface area contributed by atoms with Gasteiger partial charge in [-0.2, -0.15) is 8.42 Å². The van der Waals surface area contributed by atoms with Gasteiger partial charge < -0.3 is 4.74 Å². The van der Waals surface area contributed by atoms with Crippen LogP contribution in [-0.4, -0.2) is 31.8 Å². The zero-order valence-electron chi connectivity index (χ0n) is 9.42. The molecule has 1 aromatic carbocycles. The summed E-state index contributed by atoms with van der Waals surface area (Å²) in [6.07, 6.45) is 0.873. The van der Waals surface area contributed by atoms with Crippen LogP contribution >= 0.6 is 0 Å². The van der Waals surface area contributed by atoms with E-state index in [9.17, 15) is 13.2 Å². The number of esters is 1. The van der Waals surface area contributed by atoms with Crippen molar-refractivity contribution < 1.29 is 22.5 Å². The van der Waals surface area contributed by atoms with E-state index in [1.165, 1.54) is 7.11 Å². The Bertz CT molecular complexity index is 475. The molecule has 0 aliphatic carbocycles. The molecule has 0 bridgehead atoms. The van der Waals surface area contributed by atoms with E-state index in [-0.39, 0.29) is 5.75 Å². The molecule has 0 saturated carbocycles. The third-order valence-electron chi connectivity index (χ3n) is 2.24. The molecule has 5 nitrogen and oxygen atoms in total. The van der Waals surface area contributed by atoms with Crippen molar-refractivity contribution in [2.75, 3.05) is 12.9 Å². The fourth-order valence-electron chi connectivity index (χ4n) is 1.38. The van der Waals surface area contributed by atoms with Crippen LogP contribution in [0.25, 0.3) is 0 Å². The summed E-state index contributed by atoms with van der Waals surface area (Å²) in [5.74, 6) is -0.666. The van der Waals surface area contributed by atoms with Gasteiger partial charge in [0.05, 0.1) is 18.4 Å². The summed E-state index contributed by atoms with van der Waals surface area (Å²) in [4.78, 5) is 11.1. The van der Waals surface area contributed by atoms with Crippen LogP contribution in [0.2, 0.25) is 0 Å². The summed E-state index contributed by atoms with van der Waals surface area (Å²) >= 11 is 0. The molecular formula is C11H14O5S. The maximum Gasteiger partial charge on any atom is 0.337 e. The SMILES string of the molecule is COC(=O)c1ccc(CCCS(=O)(=O)O)cc1. The molecule has 0 unspecified atom stereocenters. The number of hydrogen-bond donors (Lipinski definition) is 1. The molecule has 0 atom stereocenters. The van der Waals surface area contributed by atoms with Gasteiger partial charge in [0.25, 0.3) is 10.1 Å². The van der Waals surface area contributed by atoms with Crippen LogP contribution in [0.15, 0.2) is 24.3 Å². The number of hydrogen-bond acceptors (Lipinski definition) is 4. The second-order valence-electron chi connectivity index (χ2n) is 3.58. The molecule has 1 N–H and O–H groups in total. The van der Waals surface area contributed by atoms with Crippen LogP contribution in [0.1, 0.15) is 22.3 Å². The number of carbonyl (C=O) groups excluding carboxylic acids is 1. The smallest absolute Gasteiger partial charge is 0.337 e. The van der Waals surface area contributed by atoms with Crippen molar-refractivity contribution in [3.8, 4) is 0 Å². The molecule has 17 heavy (non-hydrogen) atoms. The summed E-state index contributed by atoms with van der Waals surface area (Å²) in [6, 6.07) is 6.70. The van der Waals surface area contributed by atoms with Crippen LogP contribution in [0.3, 0.4) is 0 Å². The van der Waals surface area contributed by atoms with Gasteiger partial charge in [0.1, 0.15) is 0 Å². The normalized spacial score (nSPS) is 11.2. The molecule has 6 heteroatoms. The minimum absolute atomic E-state index is 0.258. The Morgan fingerprint density at radius 3 is 2.35 bits per heavy atom. The molecule has 0 aliphatic rings. The minimum Gasteiger partial charge on any atom is -0.465 e. The van der Waals surface area contributed by atoms with E-state index in [1.54, 1.807) is 24.3 Å². The highest BCUT2D eigenvalue weighted by Crippen LogP contribution is 2.08. The van der Waals surface area contributed by atoms with Gasteiger partial charge in [-0.3, -0.25) is 4.55 Å². The Balaban J connectivity index is 2.54. The molecule has 1 aromatic rings. The highest BCUT2D eigenvalue weighted by molar-refractivity contribution is 7.85. The fraction of sp³-hybridized carbons (Fsp3) is 0.364. The first-order chi connectivity index (χ1) is 7.92. The Labute approximate surface area is 100 Å². The first-order valence-electron chi connectivity index (χ1n) is 5.05. The van der Waals surface area contributed by atoms with Gasteiger partial charge in [0.15, 0.2) is 0 Å². The predicted octanol–water partition coefficient (Wildman–Crippen LogP) is 1.29. The second-order valence-corrected chi connectivity index (χ2v) is 5.15. The van der Waals surface area contributed by atoms with Crippen LogP contribution in [0.5, 0.6) is 0 Å². The van der Waals surface area contributed by atoms with Crippen molar-refractivity contribution >= 4 is 16.1 Å². The number of benzene rings is 1. The summed E-state index contributed by atoms with van der Waals surface area (Å²) < 4.78 is 34.1. The maximum atomic E-state index is 11.1. The molecule has 0 radical (unpaired) electrons. The monoisotopic (exact) mass is 258 g/mol. The highest BCUT2D eigenvalue weighted by atomic mass is 32.2. The topological polar surface area (TPSA) is 80.7 Å². The number of aryl methyl sites for hydroxylation is 1. The Hall–Kier alpha value is -1.40. The van der Waals surface area contributed by atoms with Gasteiger partial charge in [0, 0.05) is 0 Å². The molecule has 0 spiro atoms. The van der Waals surface area contributed by atoms with Crippen molar-refractivity contribution in [1.29, 1.82) is 0 Å². The predicted molar refractivity (Wildman–Crippen MR) is 62.5 cm³/mol. The van der Waals surface area contributed by atoms with E-state index in [0.717, 1.165) is 5.56 Å². The quantitative estimate of drug-likeness (QED) is 0.636. The molecule has 0 fully saturated rings. The standard InChI is InChI=1S/C11H14O5S/c1-16-11(12)10-6-4-9(5-7-10)3-2-8-17(13,14)15/h4-7H,2-3,8H2,1H3,(H,13,14,15). The fourth-order valence-corrected chi connectivity index (χ4v) is 1.89. The van der Waals surface area contributed by atoms with Crippen LogP contribution < -0.4 is 0 Å².